The summed E-state index contributed by atoms with van der Waals surface area (Å²) < 4.78 is 5.52. The highest BCUT2D eigenvalue weighted by Gasteiger charge is 2.58. The van der Waals surface area contributed by atoms with Gasteiger partial charge in [-0.15, -0.1) is 0 Å². The average molecular weight is 484 g/mol. The molecule has 2 heterocycles. The predicted molar refractivity (Wildman–Crippen MR) is 133 cm³/mol. The summed E-state index contributed by atoms with van der Waals surface area (Å²) in [6.07, 6.45) is 2.59. The van der Waals surface area contributed by atoms with E-state index in [0.717, 1.165) is 10.6 Å². The summed E-state index contributed by atoms with van der Waals surface area (Å²) in [7, 11) is 2.92. The van der Waals surface area contributed by atoms with Crippen LogP contribution >= 0.6 is 0 Å². The number of carbonyl (C=O) groups is 2. The third-order valence-electron chi connectivity index (χ3n) is 6.56. The predicted octanol–water partition coefficient (Wildman–Crippen LogP) is 4.33. The molecule has 1 N–H and O–H groups in total. The lowest BCUT2D eigenvalue weighted by Gasteiger charge is -2.56. The maximum absolute atomic E-state index is 12.7. The molecule has 1 saturated heterocycles. The van der Waals surface area contributed by atoms with Gasteiger partial charge in [0.05, 0.1) is 12.7 Å². The van der Waals surface area contributed by atoms with Gasteiger partial charge >= 0.3 is 6.09 Å². The minimum Gasteiger partial charge on any atom is -0.444 e. The number of benzene rings is 1. The van der Waals surface area contributed by atoms with Gasteiger partial charge in [0.15, 0.2) is 0 Å². The Balaban J connectivity index is 2.05. The van der Waals surface area contributed by atoms with Crippen molar-refractivity contribution in [2.45, 2.75) is 58.7 Å². The summed E-state index contributed by atoms with van der Waals surface area (Å²) in [5.74, 6) is -0.0419. The highest BCUT2D eigenvalue weighted by Crippen LogP contribution is 2.51. The maximum Gasteiger partial charge on any atom is 0.410 e. The zero-order chi connectivity index (χ0) is 26.2. The van der Waals surface area contributed by atoms with Crippen LogP contribution in [0, 0.1) is 5.41 Å². The summed E-state index contributed by atoms with van der Waals surface area (Å²) in [4.78, 5) is 36.3. The van der Waals surface area contributed by atoms with E-state index < -0.39 is 22.7 Å². The Bertz CT molecular complexity index is 1070. The topological polar surface area (TPSA) is 92.2 Å². The molecule has 8 nitrogen and oxygen atoms in total. The first-order valence-electron chi connectivity index (χ1n) is 11.8. The number of ether oxygens (including phenoxy) is 1. The van der Waals surface area contributed by atoms with Crippen molar-refractivity contribution in [3.05, 3.63) is 65.0 Å². The molecule has 8 heteroatoms. The average Bonchev–Trinajstić information content (AvgIpc) is 2.79. The Morgan fingerprint density at radius 2 is 1.71 bits per heavy atom. The van der Waals surface area contributed by atoms with Gasteiger partial charge in [-0.2, -0.15) is 0 Å². The summed E-state index contributed by atoms with van der Waals surface area (Å²) >= 11 is 0. The van der Waals surface area contributed by atoms with Gasteiger partial charge in [-0.3, -0.25) is 14.6 Å². The van der Waals surface area contributed by atoms with Gasteiger partial charge in [0.2, 0.25) is 0 Å². The minimum atomic E-state index is -1.52. The van der Waals surface area contributed by atoms with Gasteiger partial charge in [0.1, 0.15) is 11.2 Å². The van der Waals surface area contributed by atoms with Crippen molar-refractivity contribution < 1.29 is 24.3 Å². The molecule has 1 aliphatic heterocycles. The molecule has 2 amide bonds. The fraction of sp³-hybridized carbons (Fsp3) is 0.519. The van der Waals surface area contributed by atoms with Crippen LogP contribution in [0.4, 0.5) is 4.79 Å². The monoisotopic (exact) mass is 483 g/mol. The standard InChI is InChI=1S/C27H37N3O5/c1-18(2)19-9-11-21(12-10-19)27(33,22-13-20(14-28-15-22)23(31)29(7)34-8)26(6)16-30(17-26)24(32)35-25(3,4)5/h9-15,18,33H,16-17H2,1-8H3. The molecule has 1 aromatic carbocycles. The number of hydroxylamine groups is 2. The largest absolute Gasteiger partial charge is 0.444 e. The summed E-state index contributed by atoms with van der Waals surface area (Å²) in [5.41, 5.74) is -0.311. The molecule has 1 aliphatic rings. The molecule has 3 rings (SSSR count). The number of pyridine rings is 1. The summed E-state index contributed by atoms with van der Waals surface area (Å²) in [6.45, 7) is 12.2. The van der Waals surface area contributed by atoms with Gasteiger partial charge in [-0.05, 0) is 43.9 Å². The SMILES string of the molecule is CON(C)C(=O)c1cncc(C(O)(c2ccc(C(C)C)cc2)C2(C)CN(C(=O)OC(C)(C)C)C2)c1. The van der Waals surface area contributed by atoms with Gasteiger partial charge in [0.25, 0.3) is 5.91 Å². The fourth-order valence-corrected chi connectivity index (χ4v) is 4.47. The Kier molecular flexibility index (Phi) is 7.29. The molecule has 190 valence electrons. The van der Waals surface area contributed by atoms with Crippen LogP contribution in [0.25, 0.3) is 0 Å². The molecule has 0 bridgehead atoms. The number of aromatic nitrogens is 1. The highest BCUT2D eigenvalue weighted by atomic mass is 16.7. The van der Waals surface area contributed by atoms with Gasteiger partial charge < -0.3 is 14.7 Å². The Morgan fingerprint density at radius 3 is 2.23 bits per heavy atom. The van der Waals surface area contributed by atoms with Crippen LogP contribution in [-0.4, -0.2) is 64.9 Å². The molecule has 2 aromatic rings. The van der Waals surface area contributed by atoms with Crippen molar-refractivity contribution in [1.82, 2.24) is 14.9 Å². The summed E-state index contributed by atoms with van der Waals surface area (Å²) in [5, 5.41) is 13.5. The molecule has 1 unspecified atom stereocenters. The van der Waals surface area contributed by atoms with Crippen LogP contribution in [0.1, 0.15) is 74.5 Å². The molecule has 1 fully saturated rings. The third-order valence-corrected chi connectivity index (χ3v) is 6.56. The molecule has 35 heavy (non-hydrogen) atoms. The Hall–Kier alpha value is -2.97. The first-order chi connectivity index (χ1) is 16.2. The van der Waals surface area contributed by atoms with Crippen LogP contribution in [0.3, 0.4) is 0 Å². The maximum atomic E-state index is 12.7. The van der Waals surface area contributed by atoms with Crippen LogP contribution in [0.5, 0.6) is 0 Å². The number of nitrogens with zero attached hydrogens (tertiary/aromatic N) is 3. The number of carbonyl (C=O) groups excluding carboxylic acids is 2. The third kappa shape index (κ3) is 5.18. The molecule has 0 saturated carbocycles. The van der Waals surface area contributed by atoms with Gasteiger partial charge in [0, 0.05) is 43.5 Å². The zero-order valence-electron chi connectivity index (χ0n) is 22.0. The van der Waals surface area contributed by atoms with Crippen molar-refractivity contribution in [1.29, 1.82) is 0 Å². The lowest BCUT2D eigenvalue weighted by molar-refractivity contribution is -0.131. The number of amides is 2. The van der Waals surface area contributed by atoms with Gasteiger partial charge in [-0.1, -0.05) is 45.0 Å². The minimum absolute atomic E-state index is 0.278. The van der Waals surface area contributed by atoms with E-state index in [4.69, 9.17) is 9.57 Å². The smallest absolute Gasteiger partial charge is 0.410 e. The lowest BCUT2D eigenvalue weighted by Crippen LogP contribution is -2.66. The molecule has 0 aliphatic carbocycles. The normalized spacial score (nSPS) is 16.9. The van der Waals surface area contributed by atoms with Crippen molar-refractivity contribution in [3.8, 4) is 0 Å². The number of hydrogen-bond acceptors (Lipinski definition) is 6. The van der Waals surface area contributed by atoms with E-state index in [1.54, 1.807) is 17.2 Å². The second-order valence-corrected chi connectivity index (χ2v) is 10.8. The van der Waals surface area contributed by atoms with E-state index in [-0.39, 0.29) is 24.6 Å². The second-order valence-electron chi connectivity index (χ2n) is 10.8. The molecular formula is C27H37N3O5. The van der Waals surface area contributed by atoms with Crippen molar-refractivity contribution in [2.24, 2.45) is 5.41 Å². The van der Waals surface area contributed by atoms with Crippen LogP contribution in [-0.2, 0) is 15.2 Å². The Morgan fingerprint density at radius 1 is 1.11 bits per heavy atom. The molecule has 0 spiro atoms. The van der Waals surface area contributed by atoms with E-state index in [2.05, 4.69) is 18.8 Å². The van der Waals surface area contributed by atoms with E-state index in [0.29, 0.717) is 17.0 Å². The number of rotatable bonds is 6. The lowest BCUT2D eigenvalue weighted by atomic mass is 9.62. The highest BCUT2D eigenvalue weighted by molar-refractivity contribution is 5.93. The van der Waals surface area contributed by atoms with Crippen LogP contribution in [0.2, 0.25) is 0 Å². The van der Waals surface area contributed by atoms with E-state index >= 15 is 0 Å². The molecular weight excluding hydrogens is 446 g/mol. The van der Waals surface area contributed by atoms with Crippen molar-refractivity contribution >= 4 is 12.0 Å². The molecule has 1 aromatic heterocycles. The summed E-state index contributed by atoms with van der Waals surface area (Å²) in [6, 6.07) is 9.46. The van der Waals surface area contributed by atoms with Crippen molar-refractivity contribution in [2.75, 3.05) is 27.2 Å². The quantitative estimate of drug-likeness (QED) is 0.615. The zero-order valence-corrected chi connectivity index (χ0v) is 22.0. The number of likely N-dealkylation sites (tertiary alicyclic amines) is 1. The first kappa shape index (κ1) is 26.6. The van der Waals surface area contributed by atoms with Crippen LogP contribution in [0.15, 0.2) is 42.7 Å². The molecule has 0 radical (unpaired) electrons. The molecule has 1 atom stereocenters. The number of hydrogen-bond donors (Lipinski definition) is 1. The number of aliphatic hydroxyl groups is 1. The van der Waals surface area contributed by atoms with E-state index in [1.807, 2.05) is 52.0 Å². The fourth-order valence-electron chi connectivity index (χ4n) is 4.47. The Labute approximate surface area is 207 Å². The second kappa shape index (κ2) is 9.59. The van der Waals surface area contributed by atoms with Gasteiger partial charge in [-0.25, -0.2) is 9.86 Å². The van der Waals surface area contributed by atoms with Crippen LogP contribution < -0.4 is 0 Å². The van der Waals surface area contributed by atoms with E-state index in [1.165, 1.54) is 20.4 Å². The first-order valence-corrected chi connectivity index (χ1v) is 11.8. The van der Waals surface area contributed by atoms with Crippen molar-refractivity contribution in [3.63, 3.8) is 0 Å². The van der Waals surface area contributed by atoms with E-state index in [9.17, 15) is 14.7 Å².